The zero-order valence-corrected chi connectivity index (χ0v) is 22.8. The Bertz CT molecular complexity index is 1200. The Morgan fingerprint density at radius 1 is 1.13 bits per heavy atom. The number of methoxy groups -OCH3 is 1. The Morgan fingerprint density at radius 2 is 1.89 bits per heavy atom. The van der Waals surface area contributed by atoms with Crippen molar-refractivity contribution in [1.82, 2.24) is 10.2 Å². The molecule has 0 spiro atoms. The van der Waals surface area contributed by atoms with Crippen molar-refractivity contribution in [3.63, 3.8) is 0 Å². The first-order valence-corrected chi connectivity index (χ1v) is 13.1. The van der Waals surface area contributed by atoms with E-state index in [9.17, 15) is 14.4 Å². The summed E-state index contributed by atoms with van der Waals surface area (Å²) in [5.41, 5.74) is 2.16. The third kappa shape index (κ3) is 6.38. The third-order valence-corrected chi connectivity index (χ3v) is 6.51. The predicted molar refractivity (Wildman–Crippen MR) is 143 cm³/mol. The fourth-order valence-corrected chi connectivity index (χ4v) is 4.62. The fourth-order valence-electron chi connectivity index (χ4n) is 4.62. The van der Waals surface area contributed by atoms with Gasteiger partial charge in [-0.25, -0.2) is 4.79 Å². The number of nitrogens with zero attached hydrogens (tertiary/aromatic N) is 1. The van der Waals surface area contributed by atoms with Crippen LogP contribution in [0.15, 0.2) is 36.4 Å². The maximum atomic E-state index is 13.8. The van der Waals surface area contributed by atoms with Crippen LogP contribution in [0.1, 0.15) is 74.5 Å². The van der Waals surface area contributed by atoms with Gasteiger partial charge in [-0.2, -0.15) is 0 Å². The van der Waals surface area contributed by atoms with Gasteiger partial charge >= 0.3 is 6.09 Å². The molecule has 1 unspecified atom stereocenters. The number of hydrogen-bond donors (Lipinski definition) is 2. The second kappa shape index (κ2) is 11.3. The number of amides is 3. The van der Waals surface area contributed by atoms with Crippen LogP contribution in [-0.4, -0.2) is 48.7 Å². The van der Waals surface area contributed by atoms with Gasteiger partial charge in [0, 0.05) is 19.0 Å². The Morgan fingerprint density at radius 3 is 2.55 bits per heavy atom. The van der Waals surface area contributed by atoms with Crippen molar-refractivity contribution in [2.75, 3.05) is 25.6 Å². The van der Waals surface area contributed by atoms with Crippen LogP contribution >= 0.6 is 0 Å². The summed E-state index contributed by atoms with van der Waals surface area (Å²) >= 11 is 0. The van der Waals surface area contributed by atoms with Crippen LogP contribution in [0, 0.1) is 5.92 Å². The largest absolute Gasteiger partial charge is 0.493 e. The van der Waals surface area contributed by atoms with E-state index < -0.39 is 11.7 Å². The monoisotopic (exact) mass is 523 g/mol. The van der Waals surface area contributed by atoms with Gasteiger partial charge in [-0.1, -0.05) is 18.2 Å². The Labute approximate surface area is 223 Å². The van der Waals surface area contributed by atoms with Crippen molar-refractivity contribution in [3.8, 4) is 11.5 Å². The molecule has 204 valence electrons. The first-order valence-electron chi connectivity index (χ1n) is 13.1. The van der Waals surface area contributed by atoms with E-state index in [0.29, 0.717) is 48.9 Å². The van der Waals surface area contributed by atoms with Crippen molar-refractivity contribution in [2.24, 2.45) is 5.92 Å². The van der Waals surface area contributed by atoms with E-state index in [1.807, 2.05) is 58.0 Å². The number of rotatable bonds is 10. The topological polar surface area (TPSA) is 106 Å². The molecule has 1 heterocycles. The van der Waals surface area contributed by atoms with Gasteiger partial charge in [0.1, 0.15) is 5.60 Å². The second-order valence-electron chi connectivity index (χ2n) is 10.6. The number of anilines is 1. The highest BCUT2D eigenvalue weighted by atomic mass is 16.6. The summed E-state index contributed by atoms with van der Waals surface area (Å²) in [6.45, 7) is 8.45. The fraction of sp³-hybridized carbons (Fsp3) is 0.483. The lowest BCUT2D eigenvalue weighted by Crippen LogP contribution is -2.36. The number of alkyl carbamates (subject to hydrolysis) is 1. The number of hydrogen-bond acceptors (Lipinski definition) is 6. The summed E-state index contributed by atoms with van der Waals surface area (Å²) in [7, 11) is 1.58. The molecule has 9 nitrogen and oxygen atoms in total. The van der Waals surface area contributed by atoms with Crippen LogP contribution < -0.4 is 20.1 Å². The molecule has 1 aliphatic carbocycles. The van der Waals surface area contributed by atoms with Crippen LogP contribution in [0.5, 0.6) is 11.5 Å². The molecule has 1 fully saturated rings. The highest BCUT2D eigenvalue weighted by molar-refractivity contribution is 6.07. The molecule has 2 aromatic carbocycles. The van der Waals surface area contributed by atoms with Crippen molar-refractivity contribution in [2.45, 2.75) is 65.1 Å². The summed E-state index contributed by atoms with van der Waals surface area (Å²) in [5.74, 6) is 1.00. The minimum absolute atomic E-state index is 0.0291. The first kappa shape index (κ1) is 27.3. The van der Waals surface area contributed by atoms with Gasteiger partial charge < -0.3 is 29.7 Å². The van der Waals surface area contributed by atoms with Crippen LogP contribution in [-0.2, 0) is 16.1 Å². The molecule has 2 N–H and O–H groups in total. The molecular weight excluding hydrogens is 486 g/mol. The van der Waals surface area contributed by atoms with E-state index >= 15 is 0 Å². The van der Waals surface area contributed by atoms with E-state index in [4.69, 9.17) is 14.2 Å². The van der Waals surface area contributed by atoms with Gasteiger partial charge in [-0.3, -0.25) is 9.59 Å². The smallest absolute Gasteiger partial charge is 0.407 e. The quantitative estimate of drug-likeness (QED) is 0.451. The highest BCUT2D eigenvalue weighted by Crippen LogP contribution is 2.40. The van der Waals surface area contributed by atoms with Crippen molar-refractivity contribution in [3.05, 3.63) is 53.1 Å². The van der Waals surface area contributed by atoms with Crippen LogP contribution in [0.4, 0.5) is 10.5 Å². The normalized spacial score (nSPS) is 15.5. The van der Waals surface area contributed by atoms with E-state index in [0.717, 1.165) is 24.0 Å². The summed E-state index contributed by atoms with van der Waals surface area (Å²) in [4.78, 5) is 40.4. The average molecular weight is 524 g/mol. The molecule has 9 heteroatoms. The summed E-state index contributed by atoms with van der Waals surface area (Å²) in [6, 6.07) is 10.8. The van der Waals surface area contributed by atoms with Gasteiger partial charge in [-0.05, 0) is 76.3 Å². The number of fused-ring (bicyclic) bond motifs is 1. The SMILES string of the molecule is CCOc1cc(C(CCNC(=O)OC(C)(C)C)N2Cc3cccc(NC(=O)C4CC4)c3C2=O)ccc1OC. The van der Waals surface area contributed by atoms with Crippen LogP contribution in [0.2, 0.25) is 0 Å². The third-order valence-electron chi connectivity index (χ3n) is 6.51. The summed E-state index contributed by atoms with van der Waals surface area (Å²) in [6.07, 6.45) is 1.70. The van der Waals surface area contributed by atoms with E-state index in [1.54, 1.807) is 18.1 Å². The molecule has 0 bridgehead atoms. The average Bonchev–Trinajstić information content (AvgIpc) is 3.65. The molecule has 3 amide bonds. The van der Waals surface area contributed by atoms with Crippen LogP contribution in [0.25, 0.3) is 0 Å². The van der Waals surface area contributed by atoms with E-state index in [2.05, 4.69) is 10.6 Å². The predicted octanol–water partition coefficient (Wildman–Crippen LogP) is 5.05. The minimum atomic E-state index is -0.611. The molecule has 4 rings (SSSR count). The van der Waals surface area contributed by atoms with Gasteiger partial charge in [0.2, 0.25) is 5.91 Å². The molecule has 2 aromatic rings. The summed E-state index contributed by atoms with van der Waals surface area (Å²) in [5, 5.41) is 5.76. The molecule has 0 saturated heterocycles. The molecule has 1 saturated carbocycles. The lowest BCUT2D eigenvalue weighted by Gasteiger charge is -2.29. The molecule has 1 atom stereocenters. The lowest BCUT2D eigenvalue weighted by atomic mass is 10.0. The van der Waals surface area contributed by atoms with Crippen LogP contribution in [0.3, 0.4) is 0 Å². The van der Waals surface area contributed by atoms with Gasteiger partial charge in [-0.15, -0.1) is 0 Å². The highest BCUT2D eigenvalue weighted by Gasteiger charge is 2.37. The molecule has 2 aliphatic rings. The standard InChI is InChI=1S/C29H37N3O6/c1-6-37-24-16-19(12-13-23(24)36-5)22(14-15-30-28(35)38-29(2,3)4)32-17-20-8-7-9-21(25(20)27(32)34)31-26(33)18-10-11-18/h7-9,12-13,16,18,22H,6,10-11,14-15,17H2,1-5H3,(H,30,35)(H,31,33). The van der Waals surface area contributed by atoms with Gasteiger partial charge in [0.05, 0.1) is 31.0 Å². The molecule has 0 aromatic heterocycles. The number of carbonyl (C=O) groups excluding carboxylic acids is 3. The maximum absolute atomic E-state index is 13.8. The van der Waals surface area contributed by atoms with Gasteiger partial charge in [0.15, 0.2) is 11.5 Å². The summed E-state index contributed by atoms with van der Waals surface area (Å²) < 4.78 is 16.6. The Hall–Kier alpha value is -3.75. The number of ether oxygens (including phenoxy) is 3. The zero-order chi connectivity index (χ0) is 27.4. The molecule has 1 aliphatic heterocycles. The maximum Gasteiger partial charge on any atom is 0.407 e. The zero-order valence-electron chi connectivity index (χ0n) is 22.8. The van der Waals surface area contributed by atoms with E-state index in [-0.39, 0.29) is 23.8 Å². The Balaban J connectivity index is 1.60. The minimum Gasteiger partial charge on any atom is -0.493 e. The Kier molecular flexibility index (Phi) is 8.14. The number of carbonyl (C=O) groups is 3. The molecular formula is C29H37N3O6. The second-order valence-corrected chi connectivity index (χ2v) is 10.6. The molecule has 0 radical (unpaired) electrons. The lowest BCUT2D eigenvalue weighted by molar-refractivity contribution is -0.117. The number of benzene rings is 2. The molecule has 38 heavy (non-hydrogen) atoms. The van der Waals surface area contributed by atoms with Gasteiger partial charge in [0.25, 0.3) is 5.91 Å². The first-order chi connectivity index (χ1) is 18.1. The van der Waals surface area contributed by atoms with Crippen molar-refractivity contribution >= 4 is 23.6 Å². The van der Waals surface area contributed by atoms with Crippen molar-refractivity contribution < 1.29 is 28.6 Å². The number of nitrogens with one attached hydrogen (secondary N) is 2. The van der Waals surface area contributed by atoms with Crippen molar-refractivity contribution in [1.29, 1.82) is 0 Å². The van der Waals surface area contributed by atoms with E-state index in [1.165, 1.54) is 0 Å².